The third-order valence-corrected chi connectivity index (χ3v) is 2.41. The van der Waals surface area contributed by atoms with Gasteiger partial charge in [-0.1, -0.05) is 0 Å². The molecule has 0 heterocycles. The Bertz CT molecular complexity index is 506. The Balaban J connectivity index is 3.48. The van der Waals surface area contributed by atoms with Gasteiger partial charge in [0.25, 0.3) is 5.69 Å². The summed E-state index contributed by atoms with van der Waals surface area (Å²) in [5.41, 5.74) is 0.145. The number of ketones is 1. The number of benzene rings is 1. The van der Waals surface area contributed by atoms with Gasteiger partial charge < -0.3 is 0 Å². The average Bonchev–Trinajstić information content (AvgIpc) is 2.26. The first kappa shape index (κ1) is 12.1. The summed E-state index contributed by atoms with van der Waals surface area (Å²) in [6, 6.07) is 4.25. The van der Waals surface area contributed by atoms with E-state index in [9.17, 15) is 14.9 Å². The molecule has 1 rings (SSSR count). The van der Waals surface area contributed by atoms with Gasteiger partial charge in [-0.2, -0.15) is 5.26 Å². The number of alkyl halides is 1. The molecule has 0 unspecified atom stereocenters. The highest BCUT2D eigenvalue weighted by Gasteiger charge is 2.20. The second kappa shape index (κ2) is 4.73. The fourth-order valence-corrected chi connectivity index (χ4v) is 1.49. The normalized spacial score (nSPS) is 9.56. The van der Waals surface area contributed by atoms with Crippen LogP contribution in [-0.4, -0.2) is 16.6 Å². The summed E-state index contributed by atoms with van der Waals surface area (Å²) in [6.07, 6.45) is 0. The number of rotatable bonds is 3. The average molecular weight is 239 g/mol. The Hall–Kier alpha value is -1.93. The summed E-state index contributed by atoms with van der Waals surface area (Å²) in [6.45, 7) is 1.43. The molecule has 0 aromatic heterocycles. The molecule has 6 heteroatoms. The zero-order chi connectivity index (χ0) is 12.3. The van der Waals surface area contributed by atoms with Crippen molar-refractivity contribution in [2.45, 2.75) is 6.92 Å². The predicted octanol–water partition coefficient (Wildman–Crippen LogP) is 2.20. The molecule has 1 aromatic carbocycles. The van der Waals surface area contributed by atoms with Crippen LogP contribution in [0.15, 0.2) is 12.1 Å². The molecule has 0 fully saturated rings. The van der Waals surface area contributed by atoms with Gasteiger partial charge in [0.1, 0.15) is 6.07 Å². The van der Waals surface area contributed by atoms with Gasteiger partial charge in [-0.05, 0) is 13.0 Å². The van der Waals surface area contributed by atoms with Crippen LogP contribution in [0, 0.1) is 28.4 Å². The van der Waals surface area contributed by atoms with E-state index in [2.05, 4.69) is 0 Å². The van der Waals surface area contributed by atoms with E-state index < -0.39 is 10.7 Å². The Kier molecular flexibility index (Phi) is 3.59. The van der Waals surface area contributed by atoms with Crippen molar-refractivity contribution in [3.05, 3.63) is 38.9 Å². The first-order valence-corrected chi connectivity index (χ1v) is 4.83. The van der Waals surface area contributed by atoms with Crippen molar-refractivity contribution in [3.8, 4) is 6.07 Å². The van der Waals surface area contributed by atoms with Crippen molar-refractivity contribution < 1.29 is 9.72 Å². The molecule has 0 amide bonds. The van der Waals surface area contributed by atoms with Crippen LogP contribution in [-0.2, 0) is 0 Å². The van der Waals surface area contributed by atoms with Crippen LogP contribution < -0.4 is 0 Å². The molecule has 0 saturated carbocycles. The highest BCUT2D eigenvalue weighted by atomic mass is 35.5. The lowest BCUT2D eigenvalue weighted by molar-refractivity contribution is -0.385. The van der Waals surface area contributed by atoms with Gasteiger partial charge in [0.2, 0.25) is 0 Å². The lowest BCUT2D eigenvalue weighted by atomic mass is 9.99. The van der Waals surface area contributed by atoms with E-state index in [4.69, 9.17) is 16.9 Å². The maximum absolute atomic E-state index is 11.4. The van der Waals surface area contributed by atoms with Crippen molar-refractivity contribution in [1.82, 2.24) is 0 Å². The molecular weight excluding hydrogens is 232 g/mol. The second-order valence-corrected chi connectivity index (χ2v) is 3.33. The number of nitriles is 1. The number of Topliss-reactive ketones (excluding diaryl/α,β-unsaturated/α-hetero) is 1. The summed E-state index contributed by atoms with van der Waals surface area (Å²) in [5, 5.41) is 19.5. The molecule has 1 aromatic rings. The summed E-state index contributed by atoms with van der Waals surface area (Å²) in [5.74, 6) is -0.678. The number of nitro groups is 1. The standard InChI is InChI=1S/C10H7ClN2O3/c1-6-8(5-12)7(10(14)4-11)2-3-9(6)13(15)16/h2-3H,4H2,1H3. The maximum atomic E-state index is 11.4. The van der Waals surface area contributed by atoms with Gasteiger partial charge in [0.05, 0.1) is 16.4 Å². The van der Waals surface area contributed by atoms with Crippen molar-refractivity contribution >= 4 is 23.1 Å². The first-order valence-electron chi connectivity index (χ1n) is 4.30. The van der Waals surface area contributed by atoms with E-state index in [0.29, 0.717) is 0 Å². The number of hydrogen-bond acceptors (Lipinski definition) is 4. The molecule has 0 spiro atoms. The summed E-state index contributed by atoms with van der Waals surface area (Å²) >= 11 is 5.38. The number of nitrogens with zero attached hydrogens (tertiary/aromatic N) is 2. The molecular formula is C10H7ClN2O3. The monoisotopic (exact) mass is 238 g/mol. The van der Waals surface area contributed by atoms with E-state index in [1.54, 1.807) is 6.07 Å². The molecule has 0 bridgehead atoms. The molecule has 82 valence electrons. The molecule has 16 heavy (non-hydrogen) atoms. The second-order valence-electron chi connectivity index (χ2n) is 3.06. The highest BCUT2D eigenvalue weighted by molar-refractivity contribution is 6.30. The van der Waals surface area contributed by atoms with Crippen LogP contribution in [0.1, 0.15) is 21.5 Å². The molecule has 0 aliphatic heterocycles. The molecule has 0 saturated heterocycles. The lowest BCUT2D eigenvalue weighted by Crippen LogP contribution is -2.06. The smallest absolute Gasteiger partial charge is 0.273 e. The summed E-state index contributed by atoms with van der Waals surface area (Å²) < 4.78 is 0. The fraction of sp³-hybridized carbons (Fsp3) is 0.200. The maximum Gasteiger partial charge on any atom is 0.273 e. The van der Waals surface area contributed by atoms with Crippen LogP contribution in [0.25, 0.3) is 0 Å². The Morgan fingerprint density at radius 3 is 2.69 bits per heavy atom. The minimum atomic E-state index is -0.592. The Labute approximate surface area is 96.4 Å². The van der Waals surface area contributed by atoms with Crippen LogP contribution >= 0.6 is 11.6 Å². The zero-order valence-corrected chi connectivity index (χ0v) is 9.11. The Morgan fingerprint density at radius 1 is 1.62 bits per heavy atom. The van der Waals surface area contributed by atoms with Crippen molar-refractivity contribution in [3.63, 3.8) is 0 Å². The molecule has 0 atom stereocenters. The molecule has 0 N–H and O–H groups in total. The topological polar surface area (TPSA) is 84.0 Å². The third-order valence-electron chi connectivity index (χ3n) is 2.17. The van der Waals surface area contributed by atoms with Crippen molar-refractivity contribution in [2.75, 3.05) is 5.88 Å². The van der Waals surface area contributed by atoms with E-state index in [1.807, 2.05) is 0 Å². The van der Waals surface area contributed by atoms with E-state index in [1.165, 1.54) is 19.1 Å². The van der Waals surface area contributed by atoms with Crippen LogP contribution in [0.5, 0.6) is 0 Å². The predicted molar refractivity (Wildman–Crippen MR) is 57.6 cm³/mol. The highest BCUT2D eigenvalue weighted by Crippen LogP contribution is 2.24. The van der Waals surface area contributed by atoms with Gasteiger partial charge in [-0.25, -0.2) is 0 Å². The van der Waals surface area contributed by atoms with Crippen LogP contribution in [0.4, 0.5) is 5.69 Å². The number of halogens is 1. The van der Waals surface area contributed by atoms with E-state index in [-0.39, 0.29) is 28.3 Å². The fourth-order valence-electron chi connectivity index (χ4n) is 1.35. The van der Waals surface area contributed by atoms with Gasteiger partial charge in [0, 0.05) is 17.2 Å². The number of carbonyl (C=O) groups is 1. The van der Waals surface area contributed by atoms with E-state index >= 15 is 0 Å². The largest absolute Gasteiger partial charge is 0.293 e. The van der Waals surface area contributed by atoms with Crippen LogP contribution in [0.2, 0.25) is 0 Å². The number of carbonyl (C=O) groups excluding carboxylic acids is 1. The third kappa shape index (κ3) is 2.02. The van der Waals surface area contributed by atoms with Gasteiger partial charge in [-0.3, -0.25) is 14.9 Å². The van der Waals surface area contributed by atoms with Gasteiger partial charge in [0.15, 0.2) is 5.78 Å². The number of nitro benzene ring substituents is 1. The quantitative estimate of drug-likeness (QED) is 0.350. The minimum Gasteiger partial charge on any atom is -0.293 e. The van der Waals surface area contributed by atoms with Crippen LogP contribution in [0.3, 0.4) is 0 Å². The van der Waals surface area contributed by atoms with E-state index in [0.717, 1.165) is 0 Å². The minimum absolute atomic E-state index is 0.0138. The van der Waals surface area contributed by atoms with Crippen molar-refractivity contribution in [1.29, 1.82) is 5.26 Å². The first-order chi connectivity index (χ1) is 7.52. The Morgan fingerprint density at radius 2 is 2.25 bits per heavy atom. The SMILES string of the molecule is Cc1c([N+](=O)[O-])ccc(C(=O)CCl)c1C#N. The lowest BCUT2D eigenvalue weighted by Gasteiger charge is -2.04. The van der Waals surface area contributed by atoms with Gasteiger partial charge >= 0.3 is 0 Å². The summed E-state index contributed by atoms with van der Waals surface area (Å²) in [4.78, 5) is 21.4. The number of hydrogen-bond donors (Lipinski definition) is 0. The molecule has 0 aliphatic carbocycles. The molecule has 0 aliphatic rings. The molecule has 5 nitrogen and oxygen atoms in total. The summed E-state index contributed by atoms with van der Waals surface area (Å²) in [7, 11) is 0. The zero-order valence-electron chi connectivity index (χ0n) is 8.36. The van der Waals surface area contributed by atoms with Gasteiger partial charge in [-0.15, -0.1) is 11.6 Å². The van der Waals surface area contributed by atoms with Crippen molar-refractivity contribution in [2.24, 2.45) is 0 Å². The molecule has 0 radical (unpaired) electrons.